The molecule has 1 nitrogen and oxygen atoms in total. The molecular weight excluding hydrogens is 318 g/mol. The van der Waals surface area contributed by atoms with E-state index >= 15 is 0 Å². The number of nitrogens with one attached hydrogen (secondary N) is 1. The van der Waals surface area contributed by atoms with Gasteiger partial charge in [-0.05, 0) is 30.2 Å². The maximum absolute atomic E-state index is 3.53. The highest BCUT2D eigenvalue weighted by atomic mass is 79.9. The molecule has 0 heterocycles. The zero-order valence-corrected chi connectivity index (χ0v) is 12.6. The van der Waals surface area contributed by atoms with Crippen LogP contribution in [0.15, 0.2) is 22.7 Å². The Balaban J connectivity index is 2.97. The van der Waals surface area contributed by atoms with Crippen LogP contribution in [0.2, 0.25) is 0 Å². The van der Waals surface area contributed by atoms with E-state index in [0.29, 0.717) is 0 Å². The average molecular weight is 335 g/mol. The van der Waals surface area contributed by atoms with E-state index in [1.54, 1.807) is 0 Å². The van der Waals surface area contributed by atoms with Crippen molar-refractivity contribution in [2.75, 3.05) is 12.0 Å². The maximum Gasteiger partial charge on any atom is 0.0517 e. The molecule has 1 rings (SSSR count). The minimum absolute atomic E-state index is 0.154. The summed E-state index contributed by atoms with van der Waals surface area (Å²) in [7, 11) is 0. The fourth-order valence-electron chi connectivity index (χ4n) is 1.78. The summed E-state index contributed by atoms with van der Waals surface area (Å²) < 4.78 is 1.15. The summed E-state index contributed by atoms with van der Waals surface area (Å²) in [6.07, 6.45) is 0. The van der Waals surface area contributed by atoms with E-state index in [9.17, 15) is 0 Å². The van der Waals surface area contributed by atoms with Crippen molar-refractivity contribution < 1.29 is 0 Å². The van der Waals surface area contributed by atoms with Crippen LogP contribution in [0.4, 0.5) is 0 Å². The van der Waals surface area contributed by atoms with E-state index < -0.39 is 0 Å². The molecule has 0 radical (unpaired) electrons. The van der Waals surface area contributed by atoms with Gasteiger partial charge in [-0.2, -0.15) is 0 Å². The summed E-state index contributed by atoms with van der Waals surface area (Å²) in [5, 5.41) is 3.34. The molecule has 0 saturated carbocycles. The van der Waals surface area contributed by atoms with Crippen molar-refractivity contribution in [2.45, 2.75) is 26.2 Å². The van der Waals surface area contributed by atoms with Crippen molar-refractivity contribution >= 4 is 31.9 Å². The van der Waals surface area contributed by atoms with Gasteiger partial charge in [0.1, 0.15) is 0 Å². The monoisotopic (exact) mass is 333 g/mol. The number of aryl methyl sites for hydroxylation is 1. The highest BCUT2D eigenvalue weighted by molar-refractivity contribution is 9.10. The largest absolute Gasteiger partial charge is 0.306 e. The molecule has 0 spiro atoms. The second kappa shape index (κ2) is 5.46. The first-order valence-electron chi connectivity index (χ1n) is 5.00. The minimum atomic E-state index is 0.154. The molecule has 3 heteroatoms. The second-order valence-electron chi connectivity index (χ2n) is 4.40. The van der Waals surface area contributed by atoms with E-state index in [-0.39, 0.29) is 5.41 Å². The fourth-order valence-corrected chi connectivity index (χ4v) is 2.34. The molecule has 0 aliphatic rings. The topological polar surface area (TPSA) is 12.0 Å². The van der Waals surface area contributed by atoms with Crippen LogP contribution in [-0.4, -0.2) is 12.0 Å². The van der Waals surface area contributed by atoms with Crippen molar-refractivity contribution in [3.63, 3.8) is 0 Å². The number of halogens is 2. The molecule has 0 unspecified atom stereocenters. The molecule has 1 aromatic rings. The molecule has 84 valence electrons. The molecule has 15 heavy (non-hydrogen) atoms. The lowest BCUT2D eigenvalue weighted by Crippen LogP contribution is -2.32. The lowest BCUT2D eigenvalue weighted by atomic mass is 9.82. The van der Waals surface area contributed by atoms with Crippen LogP contribution in [0.3, 0.4) is 0 Å². The van der Waals surface area contributed by atoms with Gasteiger partial charge in [0.05, 0.1) is 5.45 Å². The molecule has 1 aromatic carbocycles. The van der Waals surface area contributed by atoms with Gasteiger partial charge in [0.25, 0.3) is 0 Å². The van der Waals surface area contributed by atoms with Gasteiger partial charge in [0.2, 0.25) is 0 Å². The highest BCUT2D eigenvalue weighted by Crippen LogP contribution is 2.28. The van der Waals surface area contributed by atoms with Crippen LogP contribution in [0, 0.1) is 6.92 Å². The van der Waals surface area contributed by atoms with Crippen LogP contribution in [0.5, 0.6) is 0 Å². The lowest BCUT2D eigenvalue weighted by molar-refractivity contribution is 0.488. The van der Waals surface area contributed by atoms with Crippen LogP contribution >= 0.6 is 31.9 Å². The molecule has 0 bridgehead atoms. The van der Waals surface area contributed by atoms with Gasteiger partial charge >= 0.3 is 0 Å². The standard InChI is InChI=1S/C12H17Br2N/c1-9-4-5-10(14)6-11(9)12(2,3)7-15-8-13/h4-6,15H,7-8H2,1-3H3. The van der Waals surface area contributed by atoms with Crippen molar-refractivity contribution in [1.29, 1.82) is 0 Å². The average Bonchev–Trinajstić information content (AvgIpc) is 2.18. The summed E-state index contributed by atoms with van der Waals surface area (Å²) in [4.78, 5) is 0. The Morgan fingerprint density at radius 1 is 1.33 bits per heavy atom. The van der Waals surface area contributed by atoms with Gasteiger partial charge in [-0.3, -0.25) is 0 Å². The number of benzene rings is 1. The van der Waals surface area contributed by atoms with Crippen molar-refractivity contribution in [1.82, 2.24) is 5.32 Å². The predicted octanol–water partition coefficient (Wildman–Crippen LogP) is 3.98. The predicted molar refractivity (Wildman–Crippen MR) is 73.7 cm³/mol. The first-order valence-corrected chi connectivity index (χ1v) is 6.92. The van der Waals surface area contributed by atoms with E-state index in [0.717, 1.165) is 16.5 Å². The summed E-state index contributed by atoms with van der Waals surface area (Å²) in [5.74, 6) is 0. The third kappa shape index (κ3) is 3.58. The first-order chi connectivity index (χ1) is 6.97. The Morgan fingerprint density at radius 3 is 2.60 bits per heavy atom. The Bertz CT molecular complexity index is 334. The number of alkyl halides is 1. The minimum Gasteiger partial charge on any atom is -0.306 e. The molecule has 1 N–H and O–H groups in total. The molecule has 0 aliphatic heterocycles. The quantitative estimate of drug-likeness (QED) is 0.648. The Labute approximate surface area is 109 Å². The summed E-state index contributed by atoms with van der Waals surface area (Å²) in [5.41, 5.74) is 3.73. The van der Waals surface area contributed by atoms with E-state index in [4.69, 9.17) is 0 Å². The molecule has 0 saturated heterocycles. The van der Waals surface area contributed by atoms with Gasteiger partial charge in [-0.1, -0.05) is 51.8 Å². The molecule has 0 atom stereocenters. The molecular formula is C12H17Br2N. The van der Waals surface area contributed by atoms with Gasteiger partial charge in [-0.15, -0.1) is 0 Å². The van der Waals surface area contributed by atoms with Gasteiger partial charge < -0.3 is 5.32 Å². The van der Waals surface area contributed by atoms with E-state index in [1.165, 1.54) is 11.1 Å². The van der Waals surface area contributed by atoms with E-state index in [2.05, 4.69) is 76.1 Å². The normalized spacial score (nSPS) is 11.8. The van der Waals surface area contributed by atoms with Crippen molar-refractivity contribution in [2.24, 2.45) is 0 Å². The fraction of sp³-hybridized carbons (Fsp3) is 0.500. The highest BCUT2D eigenvalue weighted by Gasteiger charge is 2.21. The van der Waals surface area contributed by atoms with Crippen LogP contribution in [-0.2, 0) is 5.41 Å². The first kappa shape index (κ1) is 13.2. The maximum atomic E-state index is 3.53. The zero-order chi connectivity index (χ0) is 11.5. The van der Waals surface area contributed by atoms with E-state index in [1.807, 2.05) is 0 Å². The summed E-state index contributed by atoms with van der Waals surface area (Å²) in [6.45, 7) is 7.65. The van der Waals surface area contributed by atoms with Crippen molar-refractivity contribution in [3.8, 4) is 0 Å². The summed E-state index contributed by atoms with van der Waals surface area (Å²) in [6, 6.07) is 6.47. The molecule has 0 aliphatic carbocycles. The van der Waals surface area contributed by atoms with Gasteiger partial charge in [0, 0.05) is 16.4 Å². The molecule has 0 amide bonds. The Hall–Kier alpha value is 0.140. The SMILES string of the molecule is Cc1ccc(Br)cc1C(C)(C)CNCBr. The van der Waals surface area contributed by atoms with Crippen LogP contribution < -0.4 is 5.32 Å². The molecule has 0 fully saturated rings. The molecule has 0 aromatic heterocycles. The Morgan fingerprint density at radius 2 is 2.00 bits per heavy atom. The summed E-state index contributed by atoms with van der Waals surface area (Å²) >= 11 is 6.91. The zero-order valence-electron chi connectivity index (χ0n) is 9.40. The third-order valence-corrected chi connectivity index (χ3v) is 3.48. The second-order valence-corrected chi connectivity index (χ2v) is 5.88. The van der Waals surface area contributed by atoms with Crippen LogP contribution in [0.1, 0.15) is 25.0 Å². The number of hydrogen-bond donors (Lipinski definition) is 1. The van der Waals surface area contributed by atoms with Gasteiger partial charge in [0.15, 0.2) is 0 Å². The van der Waals surface area contributed by atoms with Crippen LogP contribution in [0.25, 0.3) is 0 Å². The van der Waals surface area contributed by atoms with Crippen molar-refractivity contribution in [3.05, 3.63) is 33.8 Å². The number of hydrogen-bond acceptors (Lipinski definition) is 1. The van der Waals surface area contributed by atoms with Gasteiger partial charge in [-0.25, -0.2) is 0 Å². The number of rotatable bonds is 4. The third-order valence-electron chi connectivity index (χ3n) is 2.59. The lowest BCUT2D eigenvalue weighted by Gasteiger charge is -2.27. The smallest absolute Gasteiger partial charge is 0.0517 e. The Kier molecular flexibility index (Phi) is 4.81.